The lowest BCUT2D eigenvalue weighted by Gasteiger charge is -2.33. The Morgan fingerprint density at radius 3 is 2.15 bits per heavy atom. The topological polar surface area (TPSA) is 52.6 Å². The number of esters is 1. The summed E-state index contributed by atoms with van der Waals surface area (Å²) in [6.07, 6.45) is 11.8. The van der Waals surface area contributed by atoms with Crippen LogP contribution in [0.1, 0.15) is 115 Å². The molecule has 4 nitrogen and oxygen atoms in total. The van der Waals surface area contributed by atoms with Crippen molar-refractivity contribution >= 4 is 11.8 Å². The van der Waals surface area contributed by atoms with Crippen molar-refractivity contribution in [2.24, 2.45) is 0 Å². The second-order valence-corrected chi connectivity index (χ2v) is 10.7. The van der Waals surface area contributed by atoms with Gasteiger partial charge < -0.3 is 9.47 Å². The Bertz CT molecular complexity index is 943. The number of hydrogen-bond donors (Lipinski definition) is 0. The molecule has 2 aromatic carbocycles. The van der Waals surface area contributed by atoms with E-state index in [4.69, 9.17) is 9.47 Å². The third kappa shape index (κ3) is 12.0. The Balaban J connectivity index is 2.03. The van der Waals surface area contributed by atoms with Gasteiger partial charge in [-0.05, 0) is 75.6 Å². The van der Waals surface area contributed by atoms with Crippen LogP contribution in [0.4, 0.5) is 4.39 Å². The van der Waals surface area contributed by atoms with Crippen molar-refractivity contribution in [2.75, 3.05) is 6.61 Å². The first-order chi connectivity index (χ1) is 18.9. The molecule has 2 aromatic rings. The number of benzene rings is 2. The van der Waals surface area contributed by atoms with Crippen LogP contribution < -0.4 is 0 Å². The molecular weight excluding hydrogens is 491 g/mol. The zero-order chi connectivity index (χ0) is 28.3. The van der Waals surface area contributed by atoms with Gasteiger partial charge >= 0.3 is 5.97 Å². The molecule has 0 heterocycles. The Morgan fingerprint density at radius 1 is 0.821 bits per heavy atom. The number of ether oxygens (including phenoxy) is 2. The number of rotatable bonds is 21. The van der Waals surface area contributed by atoms with E-state index in [9.17, 15) is 14.0 Å². The number of hydrogen-bond acceptors (Lipinski definition) is 4. The first-order valence-electron chi connectivity index (χ1n) is 15.0. The van der Waals surface area contributed by atoms with E-state index in [2.05, 4.69) is 19.1 Å². The first-order valence-corrected chi connectivity index (χ1v) is 15.0. The monoisotopic (exact) mass is 540 g/mol. The number of ketones is 1. The Kier molecular flexibility index (Phi) is 15.7. The van der Waals surface area contributed by atoms with Crippen molar-refractivity contribution in [3.63, 3.8) is 0 Å². The minimum absolute atomic E-state index is 0.133. The van der Waals surface area contributed by atoms with E-state index in [1.807, 2.05) is 25.1 Å². The van der Waals surface area contributed by atoms with Crippen LogP contribution in [0.5, 0.6) is 0 Å². The van der Waals surface area contributed by atoms with Crippen LogP contribution >= 0.6 is 0 Å². The van der Waals surface area contributed by atoms with Crippen molar-refractivity contribution in [3.8, 4) is 0 Å². The minimum Gasteiger partial charge on any atom is -0.466 e. The molecule has 0 radical (unpaired) electrons. The van der Waals surface area contributed by atoms with Gasteiger partial charge in [-0.15, -0.1) is 0 Å². The lowest BCUT2D eigenvalue weighted by Crippen LogP contribution is -2.34. The largest absolute Gasteiger partial charge is 0.466 e. The first kappa shape index (κ1) is 32.7. The van der Waals surface area contributed by atoms with E-state index >= 15 is 0 Å². The van der Waals surface area contributed by atoms with Gasteiger partial charge in [-0.1, -0.05) is 87.9 Å². The molecule has 0 fully saturated rings. The van der Waals surface area contributed by atoms with Gasteiger partial charge in [0.25, 0.3) is 0 Å². The van der Waals surface area contributed by atoms with Gasteiger partial charge in [0.1, 0.15) is 11.6 Å². The van der Waals surface area contributed by atoms with E-state index < -0.39 is 5.41 Å². The van der Waals surface area contributed by atoms with Gasteiger partial charge in [0.15, 0.2) is 0 Å². The van der Waals surface area contributed by atoms with Gasteiger partial charge in [0.2, 0.25) is 0 Å². The van der Waals surface area contributed by atoms with Crippen molar-refractivity contribution in [1.82, 2.24) is 0 Å². The van der Waals surface area contributed by atoms with Crippen LogP contribution in [0.3, 0.4) is 0 Å². The molecule has 0 saturated heterocycles. The molecule has 0 bridgehead atoms. The van der Waals surface area contributed by atoms with Crippen LogP contribution in [-0.2, 0) is 31.1 Å². The summed E-state index contributed by atoms with van der Waals surface area (Å²) in [5, 5.41) is 0. The average molecular weight is 541 g/mol. The normalized spacial score (nSPS) is 13.5. The van der Waals surface area contributed by atoms with Gasteiger partial charge in [0, 0.05) is 6.42 Å². The Labute approximate surface area is 235 Å². The molecule has 39 heavy (non-hydrogen) atoms. The minimum atomic E-state index is -0.637. The molecule has 2 rings (SSSR count). The predicted molar refractivity (Wildman–Crippen MR) is 156 cm³/mol. The molecule has 5 heteroatoms. The molecule has 0 spiro atoms. The summed E-state index contributed by atoms with van der Waals surface area (Å²) in [6, 6.07) is 16.7. The fraction of sp³-hybridized carbons (Fsp3) is 0.588. The number of unbranched alkanes of at least 4 members (excludes halogenated alkanes) is 5. The summed E-state index contributed by atoms with van der Waals surface area (Å²) < 4.78 is 25.2. The third-order valence-corrected chi connectivity index (χ3v) is 7.70. The van der Waals surface area contributed by atoms with Crippen molar-refractivity contribution < 1.29 is 23.5 Å². The third-order valence-electron chi connectivity index (χ3n) is 7.70. The van der Waals surface area contributed by atoms with E-state index in [0.717, 1.165) is 69.8 Å². The maximum absolute atomic E-state index is 13.8. The lowest BCUT2D eigenvalue weighted by atomic mass is 9.69. The van der Waals surface area contributed by atoms with Crippen molar-refractivity contribution in [3.05, 3.63) is 71.5 Å². The molecule has 0 saturated carbocycles. The average Bonchev–Trinajstić information content (AvgIpc) is 2.93. The highest BCUT2D eigenvalue weighted by Crippen LogP contribution is 2.37. The number of halogens is 1. The lowest BCUT2D eigenvalue weighted by molar-refractivity contribution is -0.143. The summed E-state index contributed by atoms with van der Waals surface area (Å²) in [5.41, 5.74) is 1.43. The smallest absolute Gasteiger partial charge is 0.305 e. The van der Waals surface area contributed by atoms with E-state index in [-0.39, 0.29) is 23.7 Å². The van der Waals surface area contributed by atoms with Crippen LogP contribution in [0.25, 0.3) is 0 Å². The summed E-state index contributed by atoms with van der Waals surface area (Å²) in [7, 11) is 0. The number of carbonyl (C=O) groups excluding carboxylic acids is 2. The molecule has 0 aliphatic rings. The summed E-state index contributed by atoms with van der Waals surface area (Å²) in [4.78, 5) is 24.9. The highest BCUT2D eigenvalue weighted by atomic mass is 19.1. The highest BCUT2D eigenvalue weighted by Gasteiger charge is 2.36. The van der Waals surface area contributed by atoms with Gasteiger partial charge in [-0.25, -0.2) is 4.39 Å². The molecule has 0 N–H and O–H groups in total. The molecular formula is C34H49FO4. The summed E-state index contributed by atoms with van der Waals surface area (Å²) in [5.74, 6) is -0.307. The second kappa shape index (κ2) is 18.7. The SMILES string of the molecule is CCCCCC(CCCC(CCCCCCC(=O)OCC)(C(C)=O)c1ccc(F)cc1)OCc1ccccc1. The molecule has 0 aromatic heterocycles. The molecule has 2 unspecified atom stereocenters. The van der Waals surface area contributed by atoms with Crippen LogP contribution in [0.15, 0.2) is 54.6 Å². The molecule has 2 atom stereocenters. The Morgan fingerprint density at radius 2 is 1.49 bits per heavy atom. The van der Waals surface area contributed by atoms with Crippen molar-refractivity contribution in [1.29, 1.82) is 0 Å². The predicted octanol–water partition coefficient (Wildman–Crippen LogP) is 8.89. The van der Waals surface area contributed by atoms with E-state index in [0.29, 0.717) is 19.6 Å². The zero-order valence-corrected chi connectivity index (χ0v) is 24.4. The van der Waals surface area contributed by atoms with E-state index in [1.165, 1.54) is 30.5 Å². The van der Waals surface area contributed by atoms with Crippen molar-refractivity contribution in [2.45, 2.75) is 122 Å². The van der Waals surface area contributed by atoms with Crippen LogP contribution in [-0.4, -0.2) is 24.5 Å². The Hall–Kier alpha value is -2.53. The molecule has 0 aliphatic carbocycles. The zero-order valence-electron chi connectivity index (χ0n) is 24.4. The van der Waals surface area contributed by atoms with E-state index in [1.54, 1.807) is 19.1 Å². The van der Waals surface area contributed by atoms with Crippen LogP contribution in [0.2, 0.25) is 0 Å². The standard InChI is InChI=1S/C34H49FO4/c1-4-6-10-18-32(39-27-29-16-11-9-12-17-29)19-15-26-34(28(3)36,30-21-23-31(35)24-22-30)25-14-8-7-13-20-33(37)38-5-2/h9,11-12,16-17,21-24,32H,4-8,10,13-15,18-20,25-27H2,1-3H3. The molecule has 216 valence electrons. The second-order valence-electron chi connectivity index (χ2n) is 10.7. The van der Waals surface area contributed by atoms with Gasteiger partial charge in [-0.3, -0.25) is 9.59 Å². The highest BCUT2D eigenvalue weighted by molar-refractivity contribution is 5.88. The quantitative estimate of drug-likeness (QED) is 0.117. The maximum atomic E-state index is 13.8. The molecule has 0 amide bonds. The maximum Gasteiger partial charge on any atom is 0.305 e. The number of Topliss-reactive ketones (excluding diaryl/α,β-unsaturated/α-hetero) is 1. The van der Waals surface area contributed by atoms with Gasteiger partial charge in [0.05, 0.1) is 24.7 Å². The summed E-state index contributed by atoms with van der Waals surface area (Å²) >= 11 is 0. The fourth-order valence-electron chi connectivity index (χ4n) is 5.37. The summed E-state index contributed by atoms with van der Waals surface area (Å²) in [6.45, 7) is 6.71. The molecule has 0 aliphatic heterocycles. The number of carbonyl (C=O) groups is 2. The van der Waals surface area contributed by atoms with Gasteiger partial charge in [-0.2, -0.15) is 0 Å². The van der Waals surface area contributed by atoms with Crippen LogP contribution in [0, 0.1) is 5.82 Å². The fourth-order valence-corrected chi connectivity index (χ4v) is 5.37.